The number of nitrogens with zero attached hydrogens (tertiary/aromatic N) is 1. The van der Waals surface area contributed by atoms with Crippen LogP contribution in [0.15, 0.2) is 30.3 Å². The Hall–Kier alpha value is 1.08. The van der Waals surface area contributed by atoms with Crippen LogP contribution in [0.2, 0.25) is 0 Å². The Bertz CT molecular complexity index is 548. The Balaban J connectivity index is 0.000000791. The first-order chi connectivity index (χ1) is 12.5. The van der Waals surface area contributed by atoms with Gasteiger partial charge in [0.1, 0.15) is 0 Å². The molecule has 2 bridgehead atoms. The average Bonchev–Trinajstić information content (AvgIpc) is 2.61. The molecule has 3 unspecified atom stereocenters. The quantitative estimate of drug-likeness (QED) is 0.270. The fourth-order valence-electron chi connectivity index (χ4n) is 3.06. The molecule has 3 heterocycles. The zero-order valence-corrected chi connectivity index (χ0v) is 23.4. The molecule has 0 radical (unpaired) electrons. The minimum atomic E-state index is -3.59. The fraction of sp³-hybridized carbons (Fsp3) is 0.529. The zero-order valence-electron chi connectivity index (χ0n) is 14.9. The molecule has 3 fully saturated rings. The third-order valence-electron chi connectivity index (χ3n) is 3.75. The van der Waals surface area contributed by atoms with Gasteiger partial charge in [0, 0.05) is 56.5 Å². The second-order valence-electron chi connectivity index (χ2n) is 6.18. The molecule has 9 heteroatoms. The van der Waals surface area contributed by atoms with Gasteiger partial charge in [-0.2, -0.15) is 0 Å². The molecule has 146 valence electrons. The monoisotopic (exact) mass is 679 g/mol. The maximum atomic E-state index is 6.24. The van der Waals surface area contributed by atoms with Gasteiger partial charge in [0.05, 0.1) is 0 Å². The van der Waals surface area contributed by atoms with Crippen molar-refractivity contribution in [1.29, 1.82) is 0 Å². The van der Waals surface area contributed by atoms with Gasteiger partial charge in [-0.3, -0.25) is 0 Å². The van der Waals surface area contributed by atoms with Gasteiger partial charge in [-0.1, -0.05) is 0 Å². The van der Waals surface area contributed by atoms with E-state index in [4.69, 9.17) is 11.3 Å². The van der Waals surface area contributed by atoms with Crippen molar-refractivity contribution >= 4 is 70.8 Å². The van der Waals surface area contributed by atoms with E-state index < -0.39 is 14.3 Å². The van der Waals surface area contributed by atoms with Crippen LogP contribution in [0.5, 0.6) is 0 Å². The average molecular weight is 682 g/mol. The van der Waals surface area contributed by atoms with Gasteiger partial charge >= 0.3 is 136 Å². The maximum absolute atomic E-state index is 6.24. The first-order valence-electron chi connectivity index (χ1n) is 8.17. The van der Waals surface area contributed by atoms with Crippen molar-refractivity contribution in [3.63, 3.8) is 0 Å². The number of hydrogen-bond acceptors (Lipinski definition) is 4. The van der Waals surface area contributed by atoms with Crippen molar-refractivity contribution in [1.82, 2.24) is 4.90 Å². The predicted octanol–water partition coefficient (Wildman–Crippen LogP) is 5.44. The fourth-order valence-corrected chi connectivity index (χ4v) is 8.21. The first-order valence-corrected chi connectivity index (χ1v) is 19.2. The van der Waals surface area contributed by atoms with E-state index >= 15 is 0 Å². The molecule has 3 aliphatic rings. The van der Waals surface area contributed by atoms with Gasteiger partial charge in [-0.05, 0) is 0 Å². The molecular formula is C17H23Br4GeNO3. The van der Waals surface area contributed by atoms with Gasteiger partial charge in [-0.15, -0.1) is 0 Å². The van der Waals surface area contributed by atoms with Crippen LogP contribution >= 0.6 is 56.5 Å². The van der Waals surface area contributed by atoms with Crippen LogP contribution in [-0.4, -0.2) is 57.1 Å². The summed E-state index contributed by atoms with van der Waals surface area (Å²) in [5.41, 5.74) is 0.969. The predicted molar refractivity (Wildman–Crippen MR) is 123 cm³/mol. The van der Waals surface area contributed by atoms with Gasteiger partial charge in [0.2, 0.25) is 0 Å². The Morgan fingerprint density at radius 2 is 1.27 bits per heavy atom. The Kier molecular flexibility index (Phi) is 12.9. The molecule has 0 N–H and O–H groups in total. The molecule has 3 saturated heterocycles. The van der Waals surface area contributed by atoms with Gasteiger partial charge in [-0.25, -0.2) is 0 Å². The summed E-state index contributed by atoms with van der Waals surface area (Å²) in [4.78, 5) is 2.36. The van der Waals surface area contributed by atoms with Crippen LogP contribution in [0.3, 0.4) is 0 Å². The third kappa shape index (κ3) is 8.21. The van der Waals surface area contributed by atoms with E-state index in [1.807, 2.05) is 30.3 Å². The van der Waals surface area contributed by atoms with Gasteiger partial charge in [0.15, 0.2) is 0 Å². The van der Waals surface area contributed by atoms with Crippen molar-refractivity contribution < 1.29 is 11.3 Å². The summed E-state index contributed by atoms with van der Waals surface area (Å²) >= 11 is 7.41. The van der Waals surface area contributed by atoms with E-state index in [0.29, 0.717) is 0 Å². The van der Waals surface area contributed by atoms with Gasteiger partial charge < -0.3 is 0 Å². The van der Waals surface area contributed by atoms with Crippen molar-refractivity contribution in [2.75, 3.05) is 19.6 Å². The Labute approximate surface area is 190 Å². The molecule has 0 aliphatic carbocycles. The van der Waals surface area contributed by atoms with Crippen molar-refractivity contribution in [2.24, 2.45) is 0 Å². The minimum absolute atomic E-state index is 0.0880. The topological polar surface area (TPSA) is 30.9 Å². The SMILES string of the molecule is BrBr.BrBr.CC1CN2CC(C)[O][Ge]([C]#Cc3ccccc3)([O]1)[O]C(C)C2. The number of hydrogen-bond donors (Lipinski definition) is 0. The van der Waals surface area contributed by atoms with Crippen LogP contribution in [0.4, 0.5) is 0 Å². The second kappa shape index (κ2) is 13.3. The molecule has 3 aliphatic heterocycles. The molecule has 3 atom stereocenters. The number of halogens is 4. The number of rotatable bonds is 0. The summed E-state index contributed by atoms with van der Waals surface area (Å²) < 4.78 is 22.0. The van der Waals surface area contributed by atoms with Gasteiger partial charge in [0.25, 0.3) is 0 Å². The van der Waals surface area contributed by atoms with Crippen LogP contribution < -0.4 is 0 Å². The summed E-state index contributed by atoms with van der Waals surface area (Å²) in [6.45, 7) is 8.99. The van der Waals surface area contributed by atoms with Crippen LogP contribution in [0.25, 0.3) is 0 Å². The van der Waals surface area contributed by atoms with Crippen LogP contribution in [0, 0.1) is 10.7 Å². The molecule has 0 saturated carbocycles. The number of fused-ring (bicyclic) bond motifs is 6. The summed E-state index contributed by atoms with van der Waals surface area (Å²) in [5.74, 6) is 3.21. The molecular weight excluding hydrogens is 658 g/mol. The van der Waals surface area contributed by atoms with Crippen LogP contribution in [-0.2, 0) is 11.3 Å². The van der Waals surface area contributed by atoms with E-state index in [1.54, 1.807) is 0 Å². The number of benzene rings is 1. The zero-order chi connectivity index (χ0) is 19.6. The van der Waals surface area contributed by atoms with E-state index in [2.05, 4.69) is 92.9 Å². The van der Waals surface area contributed by atoms with E-state index in [9.17, 15) is 0 Å². The standard InChI is InChI=1S/C17H23GeNO3.2Br2/c1-14-11-19-12-15(2)21-18(20-14,22-16(3)13-19)10-9-17-7-5-4-6-8-17;2*1-2/h4-8,14-16H,11-13H2,1-3H3;;. The molecule has 0 spiro atoms. The summed E-state index contributed by atoms with van der Waals surface area (Å²) in [6.07, 6.45) is 0.264. The van der Waals surface area contributed by atoms with E-state index in [0.717, 1.165) is 25.2 Å². The van der Waals surface area contributed by atoms with Crippen molar-refractivity contribution in [2.45, 2.75) is 39.1 Å². The van der Waals surface area contributed by atoms with Crippen molar-refractivity contribution in [3.8, 4) is 10.7 Å². The normalized spacial score (nSPS) is 32.9. The van der Waals surface area contributed by atoms with Crippen molar-refractivity contribution in [3.05, 3.63) is 35.9 Å². The third-order valence-corrected chi connectivity index (χ3v) is 9.14. The summed E-state index contributed by atoms with van der Waals surface area (Å²) in [6, 6.07) is 9.95. The Morgan fingerprint density at radius 1 is 0.846 bits per heavy atom. The molecule has 0 aromatic heterocycles. The Morgan fingerprint density at radius 3 is 1.69 bits per heavy atom. The molecule has 1 aromatic carbocycles. The van der Waals surface area contributed by atoms with E-state index in [1.165, 1.54) is 0 Å². The second-order valence-corrected chi connectivity index (χ2v) is 10.5. The molecule has 1 aromatic rings. The van der Waals surface area contributed by atoms with E-state index in [-0.39, 0.29) is 18.3 Å². The summed E-state index contributed by atoms with van der Waals surface area (Å²) in [5, 5.41) is 0. The molecule has 4 rings (SSSR count). The molecule has 26 heavy (non-hydrogen) atoms. The molecule has 4 nitrogen and oxygen atoms in total. The summed E-state index contributed by atoms with van der Waals surface area (Å²) in [7, 11) is 0. The van der Waals surface area contributed by atoms with Crippen LogP contribution in [0.1, 0.15) is 26.3 Å². The molecule has 0 amide bonds. The first kappa shape index (κ1) is 25.1.